The third-order valence-corrected chi connectivity index (χ3v) is 5.42. The number of hydrogen-bond acceptors (Lipinski definition) is 6. The predicted octanol–water partition coefficient (Wildman–Crippen LogP) is 4.53. The molecule has 0 radical (unpaired) electrons. The van der Waals surface area contributed by atoms with Crippen LogP contribution in [0.3, 0.4) is 0 Å². The number of aryl methyl sites for hydroxylation is 2. The number of anilines is 1. The van der Waals surface area contributed by atoms with Crippen molar-refractivity contribution >= 4 is 28.9 Å². The Bertz CT molecular complexity index is 1290. The SMILES string of the molecule is Cc1cccc(NC(=O)c2oc3c(c2C)/C(=N/NC(=O)c2cccc([N+](=O)[O-])c2)CCC3)c1. The normalized spacial score (nSPS) is 13.9. The van der Waals surface area contributed by atoms with Gasteiger partial charge in [-0.3, -0.25) is 19.7 Å². The van der Waals surface area contributed by atoms with E-state index in [0.717, 1.165) is 17.5 Å². The summed E-state index contributed by atoms with van der Waals surface area (Å²) in [6.07, 6.45) is 2.01. The molecule has 0 saturated heterocycles. The van der Waals surface area contributed by atoms with Gasteiger partial charge in [-0.05, 0) is 50.5 Å². The third kappa shape index (κ3) is 4.67. The summed E-state index contributed by atoms with van der Waals surface area (Å²) in [5.41, 5.74) is 6.10. The summed E-state index contributed by atoms with van der Waals surface area (Å²) < 4.78 is 5.88. The lowest BCUT2D eigenvalue weighted by Gasteiger charge is -2.13. The van der Waals surface area contributed by atoms with Crippen LogP contribution in [0.4, 0.5) is 11.4 Å². The number of non-ortho nitro benzene ring substituents is 1. The van der Waals surface area contributed by atoms with Crippen molar-refractivity contribution in [2.45, 2.75) is 33.1 Å². The largest absolute Gasteiger partial charge is 0.455 e. The Labute approximate surface area is 189 Å². The Balaban J connectivity index is 1.56. The van der Waals surface area contributed by atoms with Crippen molar-refractivity contribution in [1.82, 2.24) is 5.43 Å². The molecule has 4 rings (SSSR count). The fourth-order valence-electron chi connectivity index (χ4n) is 3.85. The van der Waals surface area contributed by atoms with Crippen molar-refractivity contribution in [2.24, 2.45) is 5.10 Å². The molecule has 2 N–H and O–H groups in total. The summed E-state index contributed by atoms with van der Waals surface area (Å²) >= 11 is 0. The van der Waals surface area contributed by atoms with Crippen LogP contribution < -0.4 is 10.7 Å². The van der Waals surface area contributed by atoms with Gasteiger partial charge in [-0.25, -0.2) is 5.43 Å². The first-order chi connectivity index (χ1) is 15.8. The van der Waals surface area contributed by atoms with E-state index in [2.05, 4.69) is 15.8 Å². The van der Waals surface area contributed by atoms with Gasteiger partial charge in [0, 0.05) is 40.9 Å². The number of nitro groups is 1. The van der Waals surface area contributed by atoms with Gasteiger partial charge in [-0.1, -0.05) is 18.2 Å². The van der Waals surface area contributed by atoms with Crippen LogP contribution >= 0.6 is 0 Å². The summed E-state index contributed by atoms with van der Waals surface area (Å²) in [5.74, 6) is -0.0537. The van der Waals surface area contributed by atoms with Gasteiger partial charge in [0.25, 0.3) is 17.5 Å². The maximum Gasteiger partial charge on any atom is 0.291 e. The molecule has 0 aliphatic heterocycles. The molecule has 0 spiro atoms. The quantitative estimate of drug-likeness (QED) is 0.440. The van der Waals surface area contributed by atoms with Crippen LogP contribution in [0.5, 0.6) is 0 Å². The first-order valence-electron chi connectivity index (χ1n) is 10.5. The van der Waals surface area contributed by atoms with Gasteiger partial charge in [0.05, 0.1) is 10.6 Å². The average Bonchev–Trinajstić information content (AvgIpc) is 3.15. The molecule has 0 atom stereocenters. The van der Waals surface area contributed by atoms with Gasteiger partial charge < -0.3 is 9.73 Å². The number of nitrogens with zero attached hydrogens (tertiary/aromatic N) is 2. The highest BCUT2D eigenvalue weighted by molar-refractivity contribution is 6.09. The zero-order valence-electron chi connectivity index (χ0n) is 18.2. The monoisotopic (exact) mass is 446 g/mol. The van der Waals surface area contributed by atoms with E-state index in [4.69, 9.17) is 4.42 Å². The van der Waals surface area contributed by atoms with E-state index in [9.17, 15) is 19.7 Å². The van der Waals surface area contributed by atoms with Crippen molar-refractivity contribution in [3.63, 3.8) is 0 Å². The van der Waals surface area contributed by atoms with E-state index in [1.807, 2.05) is 25.1 Å². The minimum Gasteiger partial charge on any atom is -0.455 e. The second-order valence-corrected chi connectivity index (χ2v) is 7.84. The minimum absolute atomic E-state index is 0.131. The second-order valence-electron chi connectivity index (χ2n) is 7.84. The highest BCUT2D eigenvalue weighted by Gasteiger charge is 2.28. The van der Waals surface area contributed by atoms with Crippen LogP contribution in [0, 0.1) is 24.0 Å². The van der Waals surface area contributed by atoms with E-state index in [0.29, 0.717) is 35.6 Å². The highest BCUT2D eigenvalue weighted by Crippen LogP contribution is 2.30. The number of carbonyl (C=O) groups excluding carboxylic acids is 2. The molecule has 9 nitrogen and oxygen atoms in total. The van der Waals surface area contributed by atoms with Crippen LogP contribution in [0.2, 0.25) is 0 Å². The summed E-state index contributed by atoms with van der Waals surface area (Å²) in [5, 5.41) is 18.1. The number of amides is 2. The Kier molecular flexibility index (Phi) is 6.03. The molecule has 3 aromatic rings. The number of carbonyl (C=O) groups is 2. The fraction of sp³-hybridized carbons (Fsp3) is 0.208. The summed E-state index contributed by atoms with van der Waals surface area (Å²) in [4.78, 5) is 35.7. The topological polar surface area (TPSA) is 127 Å². The number of fused-ring (bicyclic) bond motifs is 1. The van der Waals surface area contributed by atoms with Gasteiger partial charge in [-0.2, -0.15) is 5.10 Å². The molecule has 168 valence electrons. The number of rotatable bonds is 5. The minimum atomic E-state index is -0.561. The molecule has 0 saturated carbocycles. The third-order valence-electron chi connectivity index (χ3n) is 5.42. The molecule has 2 amide bonds. The molecule has 1 heterocycles. The smallest absolute Gasteiger partial charge is 0.291 e. The van der Waals surface area contributed by atoms with Gasteiger partial charge in [0.15, 0.2) is 5.76 Å². The molecule has 1 aliphatic rings. The standard InChI is InChI=1S/C24H22N4O5/c1-14-6-3-8-17(12-14)25-24(30)22-15(2)21-19(10-5-11-20(21)33-22)26-27-23(29)16-7-4-9-18(13-16)28(31)32/h3-4,6-9,12-13H,5,10-11H2,1-2H3,(H,25,30)(H,27,29)/b26-19+. The lowest BCUT2D eigenvalue weighted by atomic mass is 9.93. The molecule has 0 fully saturated rings. The predicted molar refractivity (Wildman–Crippen MR) is 123 cm³/mol. The molecule has 33 heavy (non-hydrogen) atoms. The number of hydrogen-bond donors (Lipinski definition) is 2. The van der Waals surface area contributed by atoms with Crippen LogP contribution in [0.15, 0.2) is 58.0 Å². The molecular weight excluding hydrogens is 424 g/mol. The van der Waals surface area contributed by atoms with Crippen molar-refractivity contribution in [1.29, 1.82) is 0 Å². The van der Waals surface area contributed by atoms with Gasteiger partial charge in [0.1, 0.15) is 5.76 Å². The Morgan fingerprint density at radius 2 is 1.85 bits per heavy atom. The van der Waals surface area contributed by atoms with Gasteiger partial charge in [0.2, 0.25) is 0 Å². The van der Waals surface area contributed by atoms with Gasteiger partial charge in [-0.15, -0.1) is 0 Å². The first kappa shape index (κ1) is 21.9. The van der Waals surface area contributed by atoms with E-state index in [-0.39, 0.29) is 22.9 Å². The van der Waals surface area contributed by atoms with Crippen LogP contribution in [0.1, 0.15) is 56.2 Å². The molecule has 1 aromatic heterocycles. The number of nitrogens with one attached hydrogen (secondary N) is 2. The maximum absolute atomic E-state index is 12.8. The van der Waals surface area contributed by atoms with Crippen molar-refractivity contribution in [3.05, 3.63) is 92.4 Å². The molecule has 9 heteroatoms. The summed E-state index contributed by atoms with van der Waals surface area (Å²) in [7, 11) is 0. The Morgan fingerprint density at radius 1 is 1.06 bits per heavy atom. The molecule has 1 aliphatic carbocycles. The van der Waals surface area contributed by atoms with Crippen LogP contribution in [-0.2, 0) is 6.42 Å². The van der Waals surface area contributed by atoms with Crippen molar-refractivity contribution < 1.29 is 18.9 Å². The maximum atomic E-state index is 12.8. The van der Waals surface area contributed by atoms with E-state index in [1.54, 1.807) is 13.0 Å². The summed E-state index contributed by atoms with van der Waals surface area (Å²) in [6.45, 7) is 3.73. The Hall–Kier alpha value is -4.27. The van der Waals surface area contributed by atoms with E-state index >= 15 is 0 Å². The van der Waals surface area contributed by atoms with Crippen LogP contribution in [0.25, 0.3) is 0 Å². The number of nitro benzene ring substituents is 1. The Morgan fingerprint density at radius 3 is 2.61 bits per heavy atom. The van der Waals surface area contributed by atoms with E-state index < -0.39 is 10.8 Å². The second kappa shape index (κ2) is 9.07. The molecule has 2 aromatic carbocycles. The fourth-order valence-corrected chi connectivity index (χ4v) is 3.85. The summed E-state index contributed by atoms with van der Waals surface area (Å²) in [6, 6.07) is 12.9. The molecule has 0 bridgehead atoms. The molecule has 0 unspecified atom stereocenters. The molecular formula is C24H22N4O5. The lowest BCUT2D eigenvalue weighted by Crippen LogP contribution is -2.22. The average molecular weight is 446 g/mol. The lowest BCUT2D eigenvalue weighted by molar-refractivity contribution is -0.384. The zero-order valence-corrected chi connectivity index (χ0v) is 18.2. The van der Waals surface area contributed by atoms with Crippen molar-refractivity contribution in [2.75, 3.05) is 5.32 Å². The van der Waals surface area contributed by atoms with Crippen molar-refractivity contribution in [3.8, 4) is 0 Å². The number of furan rings is 1. The van der Waals surface area contributed by atoms with Gasteiger partial charge >= 0.3 is 0 Å². The van der Waals surface area contributed by atoms with Crippen LogP contribution in [-0.4, -0.2) is 22.4 Å². The highest BCUT2D eigenvalue weighted by atomic mass is 16.6. The number of hydrazone groups is 1. The first-order valence-corrected chi connectivity index (χ1v) is 10.5. The van der Waals surface area contributed by atoms with E-state index in [1.165, 1.54) is 24.3 Å². The number of benzene rings is 2. The zero-order chi connectivity index (χ0) is 23.5.